The summed E-state index contributed by atoms with van der Waals surface area (Å²) in [5.41, 5.74) is 0. The summed E-state index contributed by atoms with van der Waals surface area (Å²) in [4.78, 5) is 14.1. The molecule has 19 heavy (non-hydrogen) atoms. The first-order chi connectivity index (χ1) is 9.08. The number of nitrogens with zero attached hydrogens (tertiary/aromatic N) is 1. The van der Waals surface area contributed by atoms with E-state index in [1.165, 1.54) is 0 Å². The van der Waals surface area contributed by atoms with E-state index in [1.807, 2.05) is 18.7 Å². The summed E-state index contributed by atoms with van der Waals surface area (Å²) in [5.74, 6) is 0.637. The van der Waals surface area contributed by atoms with Crippen LogP contribution in [0.3, 0.4) is 0 Å². The number of nitrogens with one attached hydrogen (secondary N) is 1. The highest BCUT2D eigenvalue weighted by Crippen LogP contribution is 2.17. The van der Waals surface area contributed by atoms with Crippen molar-refractivity contribution < 1.29 is 9.53 Å². The summed E-state index contributed by atoms with van der Waals surface area (Å²) >= 11 is 5.87. The van der Waals surface area contributed by atoms with Crippen molar-refractivity contribution in [1.82, 2.24) is 10.2 Å². The molecule has 2 atom stereocenters. The molecule has 0 saturated carbocycles. The van der Waals surface area contributed by atoms with Crippen molar-refractivity contribution in [2.75, 3.05) is 19.7 Å². The molecule has 1 aromatic rings. The van der Waals surface area contributed by atoms with Crippen LogP contribution < -0.4 is 10.1 Å². The van der Waals surface area contributed by atoms with Crippen molar-refractivity contribution in [3.63, 3.8) is 0 Å². The summed E-state index contributed by atoms with van der Waals surface area (Å²) in [5, 5.41) is 3.90. The van der Waals surface area contributed by atoms with Gasteiger partial charge in [0.05, 0.1) is 0 Å². The number of benzene rings is 1. The van der Waals surface area contributed by atoms with Gasteiger partial charge in [-0.15, -0.1) is 0 Å². The highest BCUT2D eigenvalue weighted by molar-refractivity contribution is 6.30. The van der Waals surface area contributed by atoms with Crippen LogP contribution >= 0.6 is 11.6 Å². The molecule has 2 rings (SSSR count). The fourth-order valence-electron chi connectivity index (χ4n) is 2.40. The van der Waals surface area contributed by atoms with Crippen molar-refractivity contribution >= 4 is 17.5 Å². The second-order valence-electron chi connectivity index (χ2n) is 4.90. The summed E-state index contributed by atoms with van der Waals surface area (Å²) in [7, 11) is 0. The van der Waals surface area contributed by atoms with Crippen LogP contribution in [0.5, 0.6) is 5.75 Å². The van der Waals surface area contributed by atoms with E-state index >= 15 is 0 Å². The number of piperazine rings is 1. The molecule has 1 saturated heterocycles. The number of amides is 1. The minimum atomic E-state index is 0.0153. The molecule has 1 fully saturated rings. The van der Waals surface area contributed by atoms with E-state index in [0.717, 1.165) is 13.1 Å². The standard InChI is InChI=1S/C14H19ClN2O2/c1-10-7-16-8-11(2)17(10)14(18)9-19-13-5-3-4-12(15)6-13/h3-6,10-11,16H,7-9H2,1-2H3. The van der Waals surface area contributed by atoms with Crippen LogP contribution in [0.2, 0.25) is 5.02 Å². The average Bonchev–Trinajstić information content (AvgIpc) is 2.36. The Hall–Kier alpha value is -1.26. The normalized spacial score (nSPS) is 23.2. The van der Waals surface area contributed by atoms with E-state index in [4.69, 9.17) is 16.3 Å². The van der Waals surface area contributed by atoms with E-state index in [1.54, 1.807) is 24.3 Å². The van der Waals surface area contributed by atoms with Crippen LogP contribution in [0.15, 0.2) is 24.3 Å². The fourth-order valence-corrected chi connectivity index (χ4v) is 2.58. The number of halogens is 1. The van der Waals surface area contributed by atoms with Crippen molar-refractivity contribution in [2.24, 2.45) is 0 Å². The van der Waals surface area contributed by atoms with Gasteiger partial charge in [0, 0.05) is 30.2 Å². The van der Waals surface area contributed by atoms with Crippen LogP contribution in [0, 0.1) is 0 Å². The SMILES string of the molecule is CC1CNCC(C)N1C(=O)COc1cccc(Cl)c1. The van der Waals surface area contributed by atoms with Crippen molar-refractivity contribution in [2.45, 2.75) is 25.9 Å². The molecule has 0 radical (unpaired) electrons. The van der Waals surface area contributed by atoms with Gasteiger partial charge in [-0.05, 0) is 32.0 Å². The lowest BCUT2D eigenvalue weighted by molar-refractivity contribution is -0.138. The highest BCUT2D eigenvalue weighted by Gasteiger charge is 2.28. The first-order valence-corrected chi connectivity index (χ1v) is 6.86. The number of hydrogen-bond acceptors (Lipinski definition) is 3. The zero-order valence-electron chi connectivity index (χ0n) is 11.2. The number of rotatable bonds is 3. The third kappa shape index (κ3) is 3.61. The third-order valence-corrected chi connectivity index (χ3v) is 3.51. The van der Waals surface area contributed by atoms with Crippen LogP contribution in [0.25, 0.3) is 0 Å². The molecule has 1 aliphatic heterocycles. The third-order valence-electron chi connectivity index (χ3n) is 3.28. The molecule has 1 amide bonds. The molecule has 104 valence electrons. The smallest absolute Gasteiger partial charge is 0.261 e. The van der Waals surface area contributed by atoms with E-state index < -0.39 is 0 Å². The van der Waals surface area contributed by atoms with E-state index in [0.29, 0.717) is 10.8 Å². The first kappa shape index (κ1) is 14.2. The predicted octanol–water partition coefficient (Wildman–Crippen LogP) is 1.93. The van der Waals surface area contributed by atoms with Gasteiger partial charge >= 0.3 is 0 Å². The van der Waals surface area contributed by atoms with Gasteiger partial charge in [0.25, 0.3) is 5.91 Å². The average molecular weight is 283 g/mol. The Balaban J connectivity index is 1.93. The maximum Gasteiger partial charge on any atom is 0.261 e. The molecule has 1 heterocycles. The molecular formula is C14H19ClN2O2. The number of carbonyl (C=O) groups excluding carboxylic acids is 1. The summed E-state index contributed by atoms with van der Waals surface area (Å²) in [6, 6.07) is 7.47. The van der Waals surface area contributed by atoms with Crippen molar-refractivity contribution in [3.05, 3.63) is 29.3 Å². The zero-order valence-corrected chi connectivity index (χ0v) is 12.0. The van der Waals surface area contributed by atoms with Gasteiger partial charge in [-0.1, -0.05) is 17.7 Å². The van der Waals surface area contributed by atoms with Gasteiger partial charge < -0.3 is 15.0 Å². The van der Waals surface area contributed by atoms with Gasteiger partial charge in [0.1, 0.15) is 5.75 Å². The molecule has 0 bridgehead atoms. The Morgan fingerprint density at radius 1 is 1.42 bits per heavy atom. The second-order valence-corrected chi connectivity index (χ2v) is 5.34. The van der Waals surface area contributed by atoms with Crippen LogP contribution in [0.1, 0.15) is 13.8 Å². The minimum absolute atomic E-state index is 0.0153. The molecular weight excluding hydrogens is 264 g/mol. The van der Waals surface area contributed by atoms with Crippen molar-refractivity contribution in [3.8, 4) is 5.75 Å². The maximum atomic E-state index is 12.2. The lowest BCUT2D eigenvalue weighted by atomic mass is 10.1. The van der Waals surface area contributed by atoms with E-state index in [-0.39, 0.29) is 24.6 Å². The fraction of sp³-hybridized carbons (Fsp3) is 0.500. The minimum Gasteiger partial charge on any atom is -0.484 e. The molecule has 4 nitrogen and oxygen atoms in total. The summed E-state index contributed by atoms with van der Waals surface area (Å²) < 4.78 is 5.50. The quantitative estimate of drug-likeness (QED) is 0.921. The van der Waals surface area contributed by atoms with Crippen LogP contribution in [-0.2, 0) is 4.79 Å². The van der Waals surface area contributed by atoms with Gasteiger partial charge in [0.2, 0.25) is 0 Å². The summed E-state index contributed by atoms with van der Waals surface area (Å²) in [6.45, 7) is 5.79. The highest BCUT2D eigenvalue weighted by atomic mass is 35.5. The lowest BCUT2D eigenvalue weighted by Crippen LogP contribution is -2.58. The number of carbonyl (C=O) groups is 1. The van der Waals surface area contributed by atoms with E-state index in [2.05, 4.69) is 5.32 Å². The van der Waals surface area contributed by atoms with Crippen molar-refractivity contribution in [1.29, 1.82) is 0 Å². The number of ether oxygens (including phenoxy) is 1. The topological polar surface area (TPSA) is 41.6 Å². The molecule has 0 aromatic heterocycles. The Morgan fingerprint density at radius 2 is 2.11 bits per heavy atom. The van der Waals surface area contributed by atoms with Crippen LogP contribution in [-0.4, -0.2) is 42.6 Å². The van der Waals surface area contributed by atoms with Gasteiger partial charge in [-0.25, -0.2) is 0 Å². The second kappa shape index (κ2) is 6.26. The lowest BCUT2D eigenvalue weighted by Gasteiger charge is -2.39. The molecule has 1 aromatic carbocycles. The van der Waals surface area contributed by atoms with Crippen LogP contribution in [0.4, 0.5) is 0 Å². The maximum absolute atomic E-state index is 12.2. The molecule has 0 spiro atoms. The largest absolute Gasteiger partial charge is 0.484 e. The Kier molecular flexibility index (Phi) is 4.66. The van der Waals surface area contributed by atoms with Gasteiger partial charge in [-0.3, -0.25) is 4.79 Å². The predicted molar refractivity (Wildman–Crippen MR) is 75.6 cm³/mol. The molecule has 2 unspecified atom stereocenters. The van der Waals surface area contributed by atoms with Gasteiger partial charge in [-0.2, -0.15) is 0 Å². The van der Waals surface area contributed by atoms with E-state index in [9.17, 15) is 4.79 Å². The van der Waals surface area contributed by atoms with Gasteiger partial charge in [0.15, 0.2) is 6.61 Å². The summed E-state index contributed by atoms with van der Waals surface area (Å²) in [6.07, 6.45) is 0. The molecule has 1 aliphatic rings. The Morgan fingerprint density at radius 3 is 2.74 bits per heavy atom. The Bertz CT molecular complexity index is 443. The molecule has 5 heteroatoms. The number of hydrogen-bond donors (Lipinski definition) is 1. The first-order valence-electron chi connectivity index (χ1n) is 6.48. The molecule has 0 aliphatic carbocycles. The monoisotopic (exact) mass is 282 g/mol. The zero-order chi connectivity index (χ0) is 13.8. The molecule has 1 N–H and O–H groups in total. The Labute approximate surface area is 118 Å².